The molecule has 0 atom stereocenters. The summed E-state index contributed by atoms with van der Waals surface area (Å²) in [5.74, 6) is -0.321. The molecule has 1 amide bonds. The summed E-state index contributed by atoms with van der Waals surface area (Å²) in [6.45, 7) is 3.94. The molecule has 0 saturated heterocycles. The van der Waals surface area contributed by atoms with Crippen molar-refractivity contribution in [2.24, 2.45) is 5.73 Å². The van der Waals surface area contributed by atoms with Crippen molar-refractivity contribution in [3.05, 3.63) is 28.5 Å². The van der Waals surface area contributed by atoms with Crippen LogP contribution >= 0.6 is 11.6 Å². The minimum atomic E-state index is -0.536. The molecular formula is C9H11ClN2O. The summed E-state index contributed by atoms with van der Waals surface area (Å²) in [7, 11) is 0. The summed E-state index contributed by atoms with van der Waals surface area (Å²) >= 11 is 5.65. The molecule has 1 aromatic heterocycles. The van der Waals surface area contributed by atoms with Gasteiger partial charge < -0.3 is 5.73 Å². The predicted molar refractivity (Wildman–Crippen MR) is 51.9 cm³/mol. The molecule has 2 N–H and O–H groups in total. The third-order valence-corrected chi connectivity index (χ3v) is 1.96. The Hall–Kier alpha value is -1.09. The van der Waals surface area contributed by atoms with Crippen LogP contribution < -0.4 is 5.73 Å². The molecule has 70 valence electrons. The number of primary amides is 1. The third-order valence-electron chi connectivity index (χ3n) is 1.75. The quantitative estimate of drug-likeness (QED) is 0.739. The molecule has 0 radical (unpaired) electrons. The van der Waals surface area contributed by atoms with Gasteiger partial charge in [0.05, 0.1) is 0 Å². The molecule has 1 aromatic rings. The summed E-state index contributed by atoms with van der Waals surface area (Å²) in [6, 6.07) is 3.43. The first-order chi connectivity index (χ1) is 6.02. The second-order valence-electron chi connectivity index (χ2n) is 3.09. The maximum Gasteiger partial charge on any atom is 0.267 e. The average molecular weight is 199 g/mol. The number of pyridine rings is 1. The van der Waals surface area contributed by atoms with Gasteiger partial charge in [0.25, 0.3) is 5.91 Å². The van der Waals surface area contributed by atoms with Gasteiger partial charge in [0.1, 0.15) is 10.8 Å². The van der Waals surface area contributed by atoms with E-state index in [9.17, 15) is 4.79 Å². The zero-order valence-electron chi connectivity index (χ0n) is 7.54. The molecule has 0 aromatic carbocycles. The van der Waals surface area contributed by atoms with Crippen LogP contribution in [-0.2, 0) is 0 Å². The van der Waals surface area contributed by atoms with Gasteiger partial charge in [-0.2, -0.15) is 0 Å². The summed E-state index contributed by atoms with van der Waals surface area (Å²) in [4.78, 5) is 14.9. The molecule has 0 unspecified atom stereocenters. The number of carbonyl (C=O) groups excluding carboxylic acids is 1. The van der Waals surface area contributed by atoms with Crippen molar-refractivity contribution >= 4 is 17.5 Å². The monoisotopic (exact) mass is 198 g/mol. The Morgan fingerprint density at radius 3 is 2.62 bits per heavy atom. The highest BCUT2D eigenvalue weighted by Gasteiger charge is 2.12. The maximum atomic E-state index is 11.0. The molecule has 4 heteroatoms. The minimum absolute atomic E-state index is 0.215. The molecule has 0 aliphatic heterocycles. The molecule has 0 spiro atoms. The van der Waals surface area contributed by atoms with E-state index in [1.165, 1.54) is 0 Å². The first-order valence-electron chi connectivity index (χ1n) is 3.98. The van der Waals surface area contributed by atoms with E-state index in [4.69, 9.17) is 17.3 Å². The van der Waals surface area contributed by atoms with Crippen molar-refractivity contribution in [3.63, 3.8) is 0 Å². The highest BCUT2D eigenvalue weighted by atomic mass is 35.5. The van der Waals surface area contributed by atoms with E-state index in [1.54, 1.807) is 12.1 Å². The minimum Gasteiger partial charge on any atom is -0.364 e. The molecule has 13 heavy (non-hydrogen) atoms. The van der Waals surface area contributed by atoms with Crippen molar-refractivity contribution in [2.45, 2.75) is 19.8 Å². The zero-order valence-corrected chi connectivity index (χ0v) is 8.30. The Bertz CT molecular complexity index is 336. The molecule has 1 rings (SSSR count). The van der Waals surface area contributed by atoms with E-state index in [0.717, 1.165) is 5.56 Å². The first-order valence-corrected chi connectivity index (χ1v) is 4.36. The second kappa shape index (κ2) is 3.75. The van der Waals surface area contributed by atoms with E-state index >= 15 is 0 Å². The summed E-state index contributed by atoms with van der Waals surface area (Å²) in [5.41, 5.74) is 6.26. The van der Waals surface area contributed by atoms with Gasteiger partial charge in [0.2, 0.25) is 0 Å². The zero-order chi connectivity index (χ0) is 10.0. The number of aromatic nitrogens is 1. The number of rotatable bonds is 2. The van der Waals surface area contributed by atoms with Crippen LogP contribution in [0.15, 0.2) is 12.1 Å². The summed E-state index contributed by atoms with van der Waals surface area (Å²) in [5, 5.41) is 0.290. The smallest absolute Gasteiger partial charge is 0.267 e. The largest absolute Gasteiger partial charge is 0.364 e. The van der Waals surface area contributed by atoms with Crippen LogP contribution in [-0.4, -0.2) is 10.9 Å². The highest BCUT2D eigenvalue weighted by molar-refractivity contribution is 6.29. The molecule has 3 nitrogen and oxygen atoms in total. The standard InChI is InChI=1S/C9H11ClN2O/c1-5(2)6-3-4-7(10)12-8(6)9(11)13/h3-5H,1-2H3,(H2,11,13). The Balaban J connectivity index is 3.27. The number of hydrogen-bond acceptors (Lipinski definition) is 2. The Kier molecular flexibility index (Phi) is 2.88. The fraction of sp³-hybridized carbons (Fsp3) is 0.333. The lowest BCUT2D eigenvalue weighted by molar-refractivity contribution is 0.0994. The van der Waals surface area contributed by atoms with Gasteiger partial charge in [0, 0.05) is 0 Å². The van der Waals surface area contributed by atoms with E-state index in [2.05, 4.69) is 4.98 Å². The first kappa shape index (κ1) is 9.99. The molecule has 0 bridgehead atoms. The summed E-state index contributed by atoms with van der Waals surface area (Å²) < 4.78 is 0. The van der Waals surface area contributed by atoms with E-state index < -0.39 is 5.91 Å². The van der Waals surface area contributed by atoms with Gasteiger partial charge in [-0.3, -0.25) is 4.79 Å². The SMILES string of the molecule is CC(C)c1ccc(Cl)nc1C(N)=O. The van der Waals surface area contributed by atoms with Gasteiger partial charge in [-0.25, -0.2) is 4.98 Å². The number of amides is 1. The van der Waals surface area contributed by atoms with Gasteiger partial charge in [-0.05, 0) is 17.5 Å². The number of carbonyl (C=O) groups is 1. The Morgan fingerprint density at radius 2 is 2.15 bits per heavy atom. The lowest BCUT2D eigenvalue weighted by Crippen LogP contribution is -2.16. The summed E-state index contributed by atoms with van der Waals surface area (Å²) in [6.07, 6.45) is 0. The van der Waals surface area contributed by atoms with E-state index in [-0.39, 0.29) is 11.6 Å². The van der Waals surface area contributed by atoms with Crippen LogP contribution in [0, 0.1) is 0 Å². The van der Waals surface area contributed by atoms with E-state index in [1.807, 2.05) is 13.8 Å². The Morgan fingerprint density at radius 1 is 1.54 bits per heavy atom. The normalized spacial score (nSPS) is 10.5. The second-order valence-corrected chi connectivity index (χ2v) is 3.48. The van der Waals surface area contributed by atoms with Crippen LogP contribution in [0.1, 0.15) is 35.8 Å². The van der Waals surface area contributed by atoms with Crippen LogP contribution in [0.5, 0.6) is 0 Å². The third kappa shape index (κ3) is 2.18. The van der Waals surface area contributed by atoms with Crippen molar-refractivity contribution in [3.8, 4) is 0 Å². The van der Waals surface area contributed by atoms with Crippen LogP contribution in [0.4, 0.5) is 0 Å². The highest BCUT2D eigenvalue weighted by Crippen LogP contribution is 2.19. The fourth-order valence-electron chi connectivity index (χ4n) is 1.11. The van der Waals surface area contributed by atoms with Gasteiger partial charge in [-0.1, -0.05) is 31.5 Å². The van der Waals surface area contributed by atoms with Gasteiger partial charge in [0.15, 0.2) is 0 Å². The molecular weight excluding hydrogens is 188 g/mol. The molecule has 1 heterocycles. The lowest BCUT2D eigenvalue weighted by Gasteiger charge is -2.08. The van der Waals surface area contributed by atoms with Crippen LogP contribution in [0.25, 0.3) is 0 Å². The maximum absolute atomic E-state index is 11.0. The fourth-order valence-corrected chi connectivity index (χ4v) is 1.26. The number of hydrogen-bond donors (Lipinski definition) is 1. The lowest BCUT2D eigenvalue weighted by atomic mass is 10.0. The van der Waals surface area contributed by atoms with Crippen molar-refractivity contribution in [1.29, 1.82) is 0 Å². The molecule has 0 saturated carbocycles. The molecule has 0 aliphatic rings. The molecule has 0 aliphatic carbocycles. The van der Waals surface area contributed by atoms with Crippen LogP contribution in [0.2, 0.25) is 5.15 Å². The van der Waals surface area contributed by atoms with Crippen molar-refractivity contribution in [2.75, 3.05) is 0 Å². The average Bonchev–Trinajstić information content (AvgIpc) is 2.03. The van der Waals surface area contributed by atoms with Gasteiger partial charge >= 0.3 is 0 Å². The predicted octanol–water partition coefficient (Wildman–Crippen LogP) is 1.96. The van der Waals surface area contributed by atoms with Crippen molar-refractivity contribution in [1.82, 2.24) is 4.98 Å². The number of nitrogens with zero attached hydrogens (tertiary/aromatic N) is 1. The van der Waals surface area contributed by atoms with Crippen molar-refractivity contribution < 1.29 is 4.79 Å². The Labute approximate surface area is 81.9 Å². The van der Waals surface area contributed by atoms with E-state index in [0.29, 0.717) is 5.15 Å². The molecule has 0 fully saturated rings. The van der Waals surface area contributed by atoms with Crippen LogP contribution in [0.3, 0.4) is 0 Å². The topological polar surface area (TPSA) is 56.0 Å². The number of nitrogens with two attached hydrogens (primary N) is 1. The van der Waals surface area contributed by atoms with Gasteiger partial charge in [-0.15, -0.1) is 0 Å². The number of halogens is 1.